The molecule has 0 aromatic carbocycles. The Morgan fingerprint density at radius 3 is 1.21 bits per heavy atom. The maximum Gasteiger partial charge on any atom is 1.00 e. The first-order chi connectivity index (χ1) is 7.08. The van der Waals surface area contributed by atoms with Crippen LogP contribution in [-0.2, 0) is 23.9 Å². The van der Waals surface area contributed by atoms with Crippen molar-refractivity contribution >= 4 is 50.9 Å². The number of hydrogen-bond acceptors (Lipinski definition) is 9. The van der Waals surface area contributed by atoms with Gasteiger partial charge in [0.25, 0.3) is 0 Å². The molecule has 0 amide bonds. The van der Waals surface area contributed by atoms with E-state index in [1.54, 1.807) is 0 Å². The third-order valence-electron chi connectivity index (χ3n) is 0.472. The zero-order valence-corrected chi connectivity index (χ0v) is 22.5. The van der Waals surface area contributed by atoms with Crippen LogP contribution in [-0.4, -0.2) is 47.9 Å². The van der Waals surface area contributed by atoms with Crippen LogP contribution in [0.4, 0.5) is 0 Å². The van der Waals surface area contributed by atoms with Crippen LogP contribution in [0.3, 0.4) is 0 Å². The zero-order valence-electron chi connectivity index (χ0n) is 10.6. The molecule has 0 aromatic heterocycles. The van der Waals surface area contributed by atoms with Crippen LogP contribution in [0.5, 0.6) is 0 Å². The minimum absolute atomic E-state index is 0. The van der Waals surface area contributed by atoms with Gasteiger partial charge in [-0.15, -0.1) is 0 Å². The Morgan fingerprint density at radius 1 is 1.05 bits per heavy atom. The monoisotopic (exact) mass is 536 g/mol. The van der Waals surface area contributed by atoms with Gasteiger partial charge >= 0.3 is 158 Å². The van der Waals surface area contributed by atoms with Crippen molar-refractivity contribution in [3.63, 3.8) is 0 Å². The summed E-state index contributed by atoms with van der Waals surface area (Å²) in [5.41, 5.74) is 0. The number of phosphoric acid groups is 1. The first-order valence-electron chi connectivity index (χ1n) is 3.13. The average Bonchev–Trinajstić information content (AvgIpc) is 2.01. The topological polar surface area (TPSA) is 176 Å². The van der Waals surface area contributed by atoms with E-state index in [0.717, 1.165) is 6.92 Å². The van der Waals surface area contributed by atoms with Gasteiger partial charge in [0.2, 0.25) is 0 Å². The summed E-state index contributed by atoms with van der Waals surface area (Å²) in [6.07, 6.45) is 0. The van der Waals surface area contributed by atoms with E-state index >= 15 is 0 Å². The molecule has 0 aliphatic carbocycles. The van der Waals surface area contributed by atoms with Crippen molar-refractivity contribution in [2.24, 2.45) is 0 Å². The molecule has 15 heteroatoms. The van der Waals surface area contributed by atoms with Gasteiger partial charge in [-0.2, -0.15) is 0 Å². The van der Waals surface area contributed by atoms with Crippen LogP contribution >= 0.6 is 7.82 Å². The maximum atomic E-state index is 9.83. The Kier molecular flexibility index (Phi) is 33.9. The molecule has 1 heterocycles. The Morgan fingerprint density at radius 2 is 1.21 bits per heavy atom. The minimum Gasteiger partial charge on any atom is 1.00 e. The van der Waals surface area contributed by atoms with Gasteiger partial charge in [-0.3, -0.25) is 0 Å². The second-order valence-electron chi connectivity index (χ2n) is 1.80. The van der Waals surface area contributed by atoms with E-state index in [1.165, 1.54) is 0 Å². The number of aliphatic carboxylic acids is 3. The Balaban J connectivity index is -0.0000000488. The molecule has 1 saturated heterocycles. The van der Waals surface area contributed by atoms with Crippen molar-refractivity contribution in [3.8, 4) is 0 Å². The number of carboxylic acids is 3. The fourth-order valence-electron chi connectivity index (χ4n) is 0.101. The smallest absolute Gasteiger partial charge is 1.00 e. The van der Waals surface area contributed by atoms with E-state index in [2.05, 4.69) is 4.95 Å². The fraction of sp³-hybridized carbons (Fsp3) is 0.250. The molecule has 0 bridgehead atoms. The van der Waals surface area contributed by atoms with E-state index < -0.39 is 50.9 Å². The summed E-state index contributed by atoms with van der Waals surface area (Å²) in [5.74, 6) is -5.45. The second-order valence-corrected chi connectivity index (χ2v) is 8.01. The first kappa shape index (κ1) is 33.6. The SMILES string of the molecule is CC(=O)[O-].O=C([O-])C(=O)[O-].O=P1(O)[O][Pb][O]1.[K+].[Na+].[Na+]. The molecule has 92 valence electrons. The number of carboxylic acid groups (broad SMARTS) is 3. The fourth-order valence-corrected chi connectivity index (χ4v) is 2.66. The quantitative estimate of drug-likeness (QED) is 0.178. The summed E-state index contributed by atoms with van der Waals surface area (Å²) in [5, 5.41) is 26.7. The number of carbonyl (C=O) groups is 3. The minimum atomic E-state index is -3.38. The number of carbonyl (C=O) groups excluding carboxylic acids is 3. The second kappa shape index (κ2) is 19.1. The van der Waals surface area contributed by atoms with Crippen LogP contribution in [0, 0.1) is 0 Å². The molecule has 1 rings (SSSR count). The van der Waals surface area contributed by atoms with Gasteiger partial charge in [-0.05, 0) is 6.92 Å². The van der Waals surface area contributed by atoms with Gasteiger partial charge in [0.05, 0.1) is 11.9 Å². The van der Waals surface area contributed by atoms with Crippen molar-refractivity contribution in [2.75, 3.05) is 0 Å². The molecule has 0 atom stereocenters. The van der Waals surface area contributed by atoms with Crippen molar-refractivity contribution in [1.82, 2.24) is 0 Å². The van der Waals surface area contributed by atoms with Crippen LogP contribution in [0.25, 0.3) is 0 Å². The van der Waals surface area contributed by atoms with Gasteiger partial charge in [0.1, 0.15) is 0 Å². The Hall–Kier alpha value is 3.08. The molecule has 1 fully saturated rings. The van der Waals surface area contributed by atoms with Crippen LogP contribution in [0.15, 0.2) is 0 Å². The summed E-state index contributed by atoms with van der Waals surface area (Å²) in [6, 6.07) is 0. The molecule has 1 aliphatic rings. The molecular formula is C4H4KNa2O10PPb. The zero-order chi connectivity index (χ0) is 13.4. The van der Waals surface area contributed by atoms with E-state index in [1.807, 2.05) is 0 Å². The molecule has 2 radical (unpaired) electrons. The van der Waals surface area contributed by atoms with Crippen LogP contribution < -0.4 is 126 Å². The summed E-state index contributed by atoms with van der Waals surface area (Å²) in [6.45, 7) is 0.972. The first-order valence-corrected chi connectivity index (χ1v) is 7.80. The predicted molar refractivity (Wildman–Crippen MR) is 38.4 cm³/mol. The molecule has 0 unspecified atom stereocenters. The molecule has 0 saturated carbocycles. The third kappa shape index (κ3) is 33.7. The van der Waals surface area contributed by atoms with E-state index in [-0.39, 0.29) is 110 Å². The van der Waals surface area contributed by atoms with E-state index in [0.29, 0.717) is 0 Å². The van der Waals surface area contributed by atoms with Gasteiger partial charge in [-0.25, -0.2) is 0 Å². The summed E-state index contributed by atoms with van der Waals surface area (Å²) in [7, 11) is -3.38. The molecule has 1 N–H and O–H groups in total. The van der Waals surface area contributed by atoms with Gasteiger partial charge in [0, 0.05) is 5.97 Å². The van der Waals surface area contributed by atoms with Crippen molar-refractivity contribution < 1.29 is 155 Å². The molecule has 0 aromatic rings. The van der Waals surface area contributed by atoms with E-state index in [4.69, 9.17) is 34.6 Å². The summed E-state index contributed by atoms with van der Waals surface area (Å²) >= 11 is -1.40. The summed E-state index contributed by atoms with van der Waals surface area (Å²) < 4.78 is 18.2. The summed E-state index contributed by atoms with van der Waals surface area (Å²) in [4.78, 5) is 34.8. The normalized spacial score (nSPS) is 12.7. The Bertz CT molecular complexity index is 303. The third-order valence-corrected chi connectivity index (χ3v) is 8.20. The molecule has 10 nitrogen and oxygen atoms in total. The maximum absolute atomic E-state index is 9.83. The van der Waals surface area contributed by atoms with Crippen LogP contribution in [0.1, 0.15) is 6.92 Å². The molecular weight excluding hydrogens is 531 g/mol. The average molecular weight is 535 g/mol. The van der Waals surface area contributed by atoms with Crippen molar-refractivity contribution in [3.05, 3.63) is 0 Å². The number of hydrogen-bond donors (Lipinski definition) is 1. The van der Waals surface area contributed by atoms with Crippen LogP contribution in [0.2, 0.25) is 0 Å². The largest absolute Gasteiger partial charge is 1.00 e. The van der Waals surface area contributed by atoms with E-state index in [9.17, 15) is 4.57 Å². The van der Waals surface area contributed by atoms with Gasteiger partial charge < -0.3 is 29.7 Å². The molecule has 0 spiro atoms. The predicted octanol–water partition coefficient (Wildman–Crippen LogP) is -14.1. The van der Waals surface area contributed by atoms with Crippen molar-refractivity contribution in [2.45, 2.75) is 6.92 Å². The van der Waals surface area contributed by atoms with Crippen molar-refractivity contribution in [1.29, 1.82) is 0 Å². The number of rotatable bonds is 0. The molecule has 19 heavy (non-hydrogen) atoms. The Labute approximate surface area is 208 Å². The van der Waals surface area contributed by atoms with Gasteiger partial charge in [-0.1, -0.05) is 0 Å². The standard InChI is InChI=1S/C2H2O4.C2H4O2.K.2Na.H3O4P.Pb/c3-1(4)2(5)6;1-2(3)4;;;;1-5(2,3)4;/h(H,3,4)(H,5,6);1H3,(H,3,4);;;;(H3,1,2,3,4);/q;;3*+1;;+2/p-5. The van der Waals surface area contributed by atoms with Gasteiger partial charge in [0.15, 0.2) is 0 Å². The molecule has 1 aliphatic heterocycles.